The second kappa shape index (κ2) is 4.84. The second-order valence-electron chi connectivity index (χ2n) is 3.40. The van der Waals surface area contributed by atoms with Gasteiger partial charge < -0.3 is 5.32 Å². The summed E-state index contributed by atoms with van der Waals surface area (Å²) < 4.78 is 9.41. The van der Waals surface area contributed by atoms with Crippen molar-refractivity contribution in [3.8, 4) is 0 Å². The van der Waals surface area contributed by atoms with Gasteiger partial charge in [0.1, 0.15) is 0 Å². The maximum Gasteiger partial charge on any atom is 0.272 e. The number of carbonyl (C=O) groups is 1. The van der Waals surface area contributed by atoms with E-state index in [9.17, 15) is 4.79 Å². The van der Waals surface area contributed by atoms with Crippen LogP contribution in [0.3, 0.4) is 0 Å². The van der Waals surface area contributed by atoms with E-state index >= 15 is 0 Å². The number of amides is 1. The van der Waals surface area contributed by atoms with Crippen LogP contribution >= 0.6 is 11.7 Å². The van der Waals surface area contributed by atoms with Gasteiger partial charge in [0.15, 0.2) is 5.69 Å². The second-order valence-corrected chi connectivity index (χ2v) is 3.95. The van der Waals surface area contributed by atoms with Gasteiger partial charge in [0.2, 0.25) is 0 Å². The van der Waals surface area contributed by atoms with Crippen LogP contribution in [0.4, 0.5) is 0 Å². The molecule has 2 aromatic rings. The molecule has 0 saturated heterocycles. The van der Waals surface area contributed by atoms with Crippen LogP contribution in [0.5, 0.6) is 0 Å². The molecule has 0 saturated carbocycles. The van der Waals surface area contributed by atoms with Crippen LogP contribution in [-0.4, -0.2) is 30.5 Å². The molecule has 0 aliphatic rings. The maximum absolute atomic E-state index is 11.6. The van der Waals surface area contributed by atoms with Gasteiger partial charge in [-0.1, -0.05) is 0 Å². The van der Waals surface area contributed by atoms with Crippen molar-refractivity contribution in [2.45, 2.75) is 19.5 Å². The highest BCUT2D eigenvalue weighted by molar-refractivity contribution is 6.99. The Balaban J connectivity index is 1.88. The minimum Gasteiger partial charge on any atom is -0.346 e. The number of hydrogen-bond donors (Lipinski definition) is 1. The average molecular weight is 237 g/mol. The van der Waals surface area contributed by atoms with Gasteiger partial charge in [0, 0.05) is 18.4 Å². The zero-order valence-corrected chi connectivity index (χ0v) is 9.52. The summed E-state index contributed by atoms with van der Waals surface area (Å²) >= 11 is 1.02. The zero-order valence-electron chi connectivity index (χ0n) is 8.70. The van der Waals surface area contributed by atoms with E-state index in [1.54, 1.807) is 10.9 Å². The summed E-state index contributed by atoms with van der Waals surface area (Å²) in [6, 6.07) is 1.84. The maximum atomic E-state index is 11.6. The predicted molar refractivity (Wildman–Crippen MR) is 59.1 cm³/mol. The van der Waals surface area contributed by atoms with Crippen molar-refractivity contribution in [2.24, 2.45) is 0 Å². The molecule has 1 amide bonds. The average Bonchev–Trinajstić information content (AvgIpc) is 2.88. The van der Waals surface area contributed by atoms with Crippen LogP contribution in [0.15, 0.2) is 24.7 Å². The van der Waals surface area contributed by atoms with E-state index in [1.807, 2.05) is 19.2 Å². The number of hydrogen-bond acceptors (Lipinski definition) is 5. The molecule has 0 radical (unpaired) electrons. The Hall–Kier alpha value is -1.76. The van der Waals surface area contributed by atoms with E-state index in [4.69, 9.17) is 0 Å². The lowest BCUT2D eigenvalue weighted by Crippen LogP contribution is -2.35. The molecule has 2 heterocycles. The summed E-state index contributed by atoms with van der Waals surface area (Å²) in [5.74, 6) is -0.201. The fourth-order valence-electron chi connectivity index (χ4n) is 1.30. The zero-order chi connectivity index (χ0) is 11.4. The van der Waals surface area contributed by atoms with Gasteiger partial charge in [-0.15, -0.1) is 0 Å². The van der Waals surface area contributed by atoms with Crippen LogP contribution < -0.4 is 5.32 Å². The summed E-state index contributed by atoms with van der Waals surface area (Å²) in [7, 11) is 0. The molecule has 6 nitrogen and oxygen atoms in total. The number of nitrogens with one attached hydrogen (secondary N) is 1. The molecule has 2 rings (SSSR count). The van der Waals surface area contributed by atoms with Crippen LogP contribution in [-0.2, 0) is 6.54 Å². The van der Waals surface area contributed by atoms with Crippen LogP contribution in [0.25, 0.3) is 0 Å². The largest absolute Gasteiger partial charge is 0.346 e. The van der Waals surface area contributed by atoms with Gasteiger partial charge in [0.25, 0.3) is 5.91 Å². The Labute approximate surface area is 96.6 Å². The van der Waals surface area contributed by atoms with Gasteiger partial charge in [0.05, 0.1) is 24.5 Å². The molecule has 2 aromatic heterocycles. The molecule has 0 aromatic carbocycles. The third kappa shape index (κ3) is 2.63. The summed E-state index contributed by atoms with van der Waals surface area (Å²) in [6.07, 6.45) is 5.02. The molecule has 0 unspecified atom stereocenters. The molecular formula is C9H11N5OS. The Kier molecular flexibility index (Phi) is 3.25. The number of rotatable bonds is 4. The molecule has 0 aliphatic carbocycles. The molecule has 0 spiro atoms. The lowest BCUT2D eigenvalue weighted by Gasteiger charge is -2.12. The summed E-state index contributed by atoms with van der Waals surface area (Å²) in [5.41, 5.74) is 0.359. The molecule has 7 heteroatoms. The fourth-order valence-corrected chi connectivity index (χ4v) is 1.71. The monoisotopic (exact) mass is 237 g/mol. The molecule has 16 heavy (non-hydrogen) atoms. The van der Waals surface area contributed by atoms with Crippen LogP contribution in [0.1, 0.15) is 17.4 Å². The SMILES string of the molecule is C[C@H](Cn1cccn1)NC(=O)c1cnsn1. The van der Waals surface area contributed by atoms with Gasteiger partial charge in [-0.3, -0.25) is 9.48 Å². The first-order chi connectivity index (χ1) is 7.75. The lowest BCUT2D eigenvalue weighted by atomic mass is 10.3. The van der Waals surface area contributed by atoms with Crippen molar-refractivity contribution in [3.05, 3.63) is 30.4 Å². The van der Waals surface area contributed by atoms with Crippen molar-refractivity contribution >= 4 is 17.6 Å². The normalized spacial score (nSPS) is 12.3. The van der Waals surface area contributed by atoms with E-state index < -0.39 is 0 Å². The molecule has 1 N–H and O–H groups in total. The lowest BCUT2D eigenvalue weighted by molar-refractivity contribution is 0.0932. The number of aromatic nitrogens is 4. The highest BCUT2D eigenvalue weighted by Gasteiger charge is 2.12. The number of carbonyl (C=O) groups excluding carboxylic acids is 1. The fraction of sp³-hybridized carbons (Fsp3) is 0.333. The van der Waals surface area contributed by atoms with Crippen molar-refractivity contribution in [1.29, 1.82) is 0 Å². The van der Waals surface area contributed by atoms with Crippen molar-refractivity contribution in [3.63, 3.8) is 0 Å². The van der Waals surface area contributed by atoms with Crippen molar-refractivity contribution in [2.75, 3.05) is 0 Å². The summed E-state index contributed by atoms with van der Waals surface area (Å²) in [4.78, 5) is 11.6. The minimum absolute atomic E-state index is 0.00546. The van der Waals surface area contributed by atoms with Crippen LogP contribution in [0, 0.1) is 0 Å². The Morgan fingerprint density at radius 3 is 3.19 bits per heavy atom. The summed E-state index contributed by atoms with van der Waals surface area (Å²) in [5, 5.41) is 6.89. The van der Waals surface area contributed by atoms with Gasteiger partial charge >= 0.3 is 0 Å². The molecule has 84 valence electrons. The van der Waals surface area contributed by atoms with E-state index in [2.05, 4.69) is 19.2 Å². The predicted octanol–water partition coefficient (Wildman–Crippen LogP) is 0.553. The molecule has 1 atom stereocenters. The molecular weight excluding hydrogens is 226 g/mol. The first-order valence-electron chi connectivity index (χ1n) is 4.81. The Bertz CT molecular complexity index is 438. The standard InChI is InChI=1S/C9H11N5OS/c1-7(6-14-4-2-3-10-14)12-9(15)8-5-11-16-13-8/h2-5,7H,6H2,1H3,(H,12,15)/t7-/m1/s1. The van der Waals surface area contributed by atoms with Crippen molar-refractivity contribution < 1.29 is 4.79 Å². The summed E-state index contributed by atoms with van der Waals surface area (Å²) in [6.45, 7) is 2.55. The van der Waals surface area contributed by atoms with E-state index in [-0.39, 0.29) is 11.9 Å². The molecule has 0 aliphatic heterocycles. The van der Waals surface area contributed by atoms with Gasteiger partial charge in [-0.25, -0.2) is 0 Å². The van der Waals surface area contributed by atoms with Crippen molar-refractivity contribution in [1.82, 2.24) is 23.8 Å². The van der Waals surface area contributed by atoms with Gasteiger partial charge in [-0.2, -0.15) is 13.8 Å². The highest BCUT2D eigenvalue weighted by atomic mass is 32.1. The molecule has 0 fully saturated rings. The van der Waals surface area contributed by atoms with E-state index in [0.29, 0.717) is 12.2 Å². The first kappa shape index (κ1) is 10.7. The Morgan fingerprint density at radius 1 is 1.69 bits per heavy atom. The number of nitrogens with zero attached hydrogens (tertiary/aromatic N) is 4. The van der Waals surface area contributed by atoms with E-state index in [0.717, 1.165) is 11.7 Å². The van der Waals surface area contributed by atoms with Gasteiger partial charge in [-0.05, 0) is 13.0 Å². The minimum atomic E-state index is -0.201. The third-order valence-electron chi connectivity index (χ3n) is 1.99. The third-order valence-corrected chi connectivity index (χ3v) is 2.47. The Morgan fingerprint density at radius 2 is 2.56 bits per heavy atom. The topological polar surface area (TPSA) is 72.7 Å². The smallest absolute Gasteiger partial charge is 0.272 e. The highest BCUT2D eigenvalue weighted by Crippen LogP contribution is 1.97. The quantitative estimate of drug-likeness (QED) is 0.843. The van der Waals surface area contributed by atoms with E-state index in [1.165, 1.54) is 6.20 Å². The molecule has 0 bridgehead atoms. The first-order valence-corrected chi connectivity index (χ1v) is 5.54. The van der Waals surface area contributed by atoms with Crippen LogP contribution in [0.2, 0.25) is 0 Å².